The average molecular weight is 435 g/mol. The summed E-state index contributed by atoms with van der Waals surface area (Å²) >= 11 is 0. The first-order valence-electron chi connectivity index (χ1n) is 8.02. The van der Waals surface area contributed by atoms with Crippen LogP contribution >= 0.6 is 24.8 Å². The average Bonchev–Trinajstić information content (AvgIpc) is 2.67. The van der Waals surface area contributed by atoms with E-state index in [1.807, 2.05) is 0 Å². The molecule has 0 saturated carbocycles. The first-order chi connectivity index (χ1) is 12.4. The van der Waals surface area contributed by atoms with Gasteiger partial charge in [0.05, 0.1) is 13.1 Å². The quantitative estimate of drug-likeness (QED) is 0.591. The summed E-state index contributed by atoms with van der Waals surface area (Å²) < 4.78 is 26.6. The topological polar surface area (TPSA) is 97.1 Å². The number of hydrogen-bond donors (Lipinski definition) is 3. The van der Waals surface area contributed by atoms with Crippen molar-refractivity contribution >= 4 is 36.6 Å². The fourth-order valence-electron chi connectivity index (χ4n) is 2.21. The number of carbonyl (C=O) groups excluding carboxylic acids is 2. The summed E-state index contributed by atoms with van der Waals surface area (Å²) in [5.41, 5.74) is 6.02. The van der Waals surface area contributed by atoms with E-state index in [1.165, 1.54) is 0 Å². The number of rotatable bonds is 8. The Morgan fingerprint density at radius 3 is 2.36 bits per heavy atom. The zero-order valence-corrected chi connectivity index (χ0v) is 16.4. The van der Waals surface area contributed by atoms with E-state index in [0.29, 0.717) is 11.1 Å². The van der Waals surface area contributed by atoms with Gasteiger partial charge in [0.25, 0.3) is 11.8 Å². The van der Waals surface area contributed by atoms with Crippen molar-refractivity contribution in [3.63, 3.8) is 0 Å². The number of aromatic nitrogens is 1. The van der Waals surface area contributed by atoms with Crippen molar-refractivity contribution in [2.45, 2.75) is 18.4 Å². The molecule has 1 atom stereocenters. The molecule has 1 aromatic carbocycles. The molecule has 6 nitrogen and oxygen atoms in total. The molecule has 0 fully saturated rings. The third kappa shape index (κ3) is 8.16. The molecule has 4 N–H and O–H groups in total. The van der Waals surface area contributed by atoms with Crippen LogP contribution in [0.3, 0.4) is 0 Å². The van der Waals surface area contributed by atoms with Crippen LogP contribution in [-0.2, 0) is 11.2 Å². The minimum absolute atomic E-state index is 0. The fourth-order valence-corrected chi connectivity index (χ4v) is 2.21. The Hall–Kier alpha value is -2.29. The van der Waals surface area contributed by atoms with Crippen LogP contribution in [0.1, 0.15) is 15.9 Å². The highest BCUT2D eigenvalue weighted by molar-refractivity contribution is 5.97. The number of benzene rings is 1. The van der Waals surface area contributed by atoms with Gasteiger partial charge in [-0.15, -0.1) is 24.8 Å². The zero-order valence-electron chi connectivity index (χ0n) is 14.8. The number of amides is 2. The van der Waals surface area contributed by atoms with Crippen LogP contribution in [0.5, 0.6) is 0 Å². The maximum atomic E-state index is 13.3. The van der Waals surface area contributed by atoms with E-state index in [9.17, 15) is 18.4 Å². The Morgan fingerprint density at radius 2 is 1.79 bits per heavy atom. The van der Waals surface area contributed by atoms with E-state index in [4.69, 9.17) is 5.73 Å². The summed E-state index contributed by atoms with van der Waals surface area (Å²) in [6.45, 7) is -1.77. The van der Waals surface area contributed by atoms with Crippen LogP contribution in [0, 0.1) is 0 Å². The van der Waals surface area contributed by atoms with E-state index in [1.54, 1.807) is 54.9 Å². The Balaban J connectivity index is 0.00000364. The first-order valence-corrected chi connectivity index (χ1v) is 8.02. The molecule has 0 radical (unpaired) electrons. The molecule has 1 heterocycles. The lowest BCUT2D eigenvalue weighted by molar-refractivity contribution is -0.124. The van der Waals surface area contributed by atoms with Gasteiger partial charge in [-0.3, -0.25) is 14.6 Å². The minimum Gasteiger partial charge on any atom is -0.348 e. The molecule has 0 aliphatic carbocycles. The lowest BCUT2D eigenvalue weighted by Crippen LogP contribution is -2.51. The molecule has 0 saturated heterocycles. The van der Waals surface area contributed by atoms with Crippen LogP contribution in [0.15, 0.2) is 54.9 Å². The number of carbonyl (C=O) groups is 2. The normalized spacial score (nSPS) is 11.4. The highest BCUT2D eigenvalue weighted by Crippen LogP contribution is 2.10. The van der Waals surface area contributed by atoms with Crippen LogP contribution in [0.4, 0.5) is 8.78 Å². The number of alkyl halides is 2. The largest absolute Gasteiger partial charge is 0.348 e. The number of nitrogens with zero attached hydrogens (tertiary/aromatic N) is 1. The summed E-state index contributed by atoms with van der Waals surface area (Å²) in [5, 5.41) is 4.73. The molecule has 2 aromatic rings. The predicted molar refractivity (Wildman–Crippen MR) is 107 cm³/mol. The Morgan fingerprint density at radius 1 is 1.11 bits per heavy atom. The van der Waals surface area contributed by atoms with Crippen molar-refractivity contribution in [1.29, 1.82) is 0 Å². The van der Waals surface area contributed by atoms with Gasteiger partial charge in [0, 0.05) is 24.4 Å². The predicted octanol–water partition coefficient (Wildman–Crippen LogP) is 1.98. The molecule has 1 aromatic heterocycles. The standard InChI is InChI=1S/C18H20F2N4O2.2ClH/c19-18(20,11-21)12-23-17(26)15(9-13-5-4-8-22-10-13)24-16(25)14-6-2-1-3-7-14;;/h1-8,10,15H,9,11-12,21H2,(H,23,26)(H,24,25);2*1H. The van der Waals surface area contributed by atoms with E-state index in [2.05, 4.69) is 15.6 Å². The molecule has 2 rings (SSSR count). The zero-order chi connectivity index (χ0) is 19.0. The molecular formula is C18H22Cl2F2N4O2. The Labute approximate surface area is 174 Å². The number of hydrogen-bond acceptors (Lipinski definition) is 4. The van der Waals surface area contributed by atoms with Gasteiger partial charge in [0.2, 0.25) is 5.91 Å². The lowest BCUT2D eigenvalue weighted by atomic mass is 10.1. The second-order valence-corrected chi connectivity index (χ2v) is 5.74. The van der Waals surface area contributed by atoms with Crippen molar-refractivity contribution in [3.05, 3.63) is 66.0 Å². The van der Waals surface area contributed by atoms with Gasteiger partial charge in [-0.25, -0.2) is 8.78 Å². The van der Waals surface area contributed by atoms with Crippen LogP contribution in [0.25, 0.3) is 0 Å². The summed E-state index contributed by atoms with van der Waals surface area (Å²) in [6, 6.07) is 10.7. The Bertz CT molecular complexity index is 737. The SMILES string of the molecule is Cl.Cl.NCC(F)(F)CNC(=O)C(Cc1cccnc1)NC(=O)c1ccccc1. The van der Waals surface area contributed by atoms with Gasteiger partial charge in [-0.1, -0.05) is 24.3 Å². The van der Waals surface area contributed by atoms with Gasteiger partial charge >= 0.3 is 0 Å². The first kappa shape index (κ1) is 25.7. The molecule has 0 bridgehead atoms. The minimum atomic E-state index is -3.21. The second kappa shape index (κ2) is 12.2. The van der Waals surface area contributed by atoms with Crippen molar-refractivity contribution in [2.24, 2.45) is 5.73 Å². The number of nitrogens with two attached hydrogens (primary N) is 1. The monoisotopic (exact) mass is 434 g/mol. The maximum Gasteiger partial charge on any atom is 0.277 e. The van der Waals surface area contributed by atoms with Gasteiger partial charge < -0.3 is 16.4 Å². The van der Waals surface area contributed by atoms with E-state index in [0.717, 1.165) is 0 Å². The highest BCUT2D eigenvalue weighted by atomic mass is 35.5. The smallest absolute Gasteiger partial charge is 0.277 e. The Kier molecular flexibility index (Phi) is 11.2. The third-order valence-electron chi connectivity index (χ3n) is 3.64. The fraction of sp³-hybridized carbons (Fsp3) is 0.278. The molecule has 0 aliphatic heterocycles. The van der Waals surface area contributed by atoms with E-state index in [-0.39, 0.29) is 31.2 Å². The maximum absolute atomic E-state index is 13.3. The molecule has 0 aliphatic rings. The molecule has 10 heteroatoms. The number of halogens is 4. The molecule has 0 spiro atoms. The number of pyridine rings is 1. The van der Waals surface area contributed by atoms with E-state index >= 15 is 0 Å². The van der Waals surface area contributed by atoms with Crippen LogP contribution < -0.4 is 16.4 Å². The van der Waals surface area contributed by atoms with Gasteiger partial charge in [0.15, 0.2) is 0 Å². The van der Waals surface area contributed by atoms with Crippen molar-refractivity contribution in [1.82, 2.24) is 15.6 Å². The summed E-state index contributed by atoms with van der Waals surface area (Å²) in [7, 11) is 0. The molecule has 28 heavy (non-hydrogen) atoms. The number of nitrogens with one attached hydrogen (secondary N) is 2. The molecule has 154 valence electrons. The van der Waals surface area contributed by atoms with Crippen molar-refractivity contribution in [3.8, 4) is 0 Å². The van der Waals surface area contributed by atoms with Gasteiger partial charge in [-0.05, 0) is 23.8 Å². The molecule has 1 unspecified atom stereocenters. The van der Waals surface area contributed by atoms with Crippen molar-refractivity contribution in [2.75, 3.05) is 13.1 Å². The highest BCUT2D eigenvalue weighted by Gasteiger charge is 2.29. The summed E-state index contributed by atoms with van der Waals surface area (Å²) in [4.78, 5) is 28.6. The van der Waals surface area contributed by atoms with Gasteiger partial charge in [-0.2, -0.15) is 0 Å². The third-order valence-corrected chi connectivity index (χ3v) is 3.64. The summed E-state index contributed by atoms with van der Waals surface area (Å²) in [6.07, 6.45) is 3.23. The molecular weight excluding hydrogens is 413 g/mol. The van der Waals surface area contributed by atoms with Crippen LogP contribution in [0.2, 0.25) is 0 Å². The lowest BCUT2D eigenvalue weighted by Gasteiger charge is -2.21. The van der Waals surface area contributed by atoms with Crippen molar-refractivity contribution < 1.29 is 18.4 Å². The van der Waals surface area contributed by atoms with Gasteiger partial charge in [0.1, 0.15) is 6.04 Å². The molecule has 2 amide bonds. The second-order valence-electron chi connectivity index (χ2n) is 5.74. The van der Waals surface area contributed by atoms with E-state index < -0.39 is 36.9 Å². The summed E-state index contributed by atoms with van der Waals surface area (Å²) in [5.74, 6) is -4.40. The van der Waals surface area contributed by atoms with Crippen LogP contribution in [-0.4, -0.2) is 41.9 Å².